The van der Waals surface area contributed by atoms with Crippen LogP contribution in [0.2, 0.25) is 0 Å². The van der Waals surface area contributed by atoms with Crippen molar-refractivity contribution in [3.05, 3.63) is 77.9 Å². The van der Waals surface area contributed by atoms with Crippen molar-refractivity contribution in [2.45, 2.75) is 25.4 Å². The van der Waals surface area contributed by atoms with E-state index in [1.54, 1.807) is 24.1 Å². The molecular weight excluding hydrogens is 366 g/mol. The lowest BCUT2D eigenvalue weighted by Crippen LogP contribution is -2.36. The van der Waals surface area contributed by atoms with E-state index in [0.29, 0.717) is 12.1 Å². The molecule has 0 aromatic heterocycles. The Hall–Kier alpha value is -3.34. The normalized spacial score (nSPS) is 13.1. The molecule has 29 heavy (non-hydrogen) atoms. The van der Waals surface area contributed by atoms with E-state index in [1.165, 1.54) is 0 Å². The van der Waals surface area contributed by atoms with E-state index in [0.717, 1.165) is 34.9 Å². The van der Waals surface area contributed by atoms with Gasteiger partial charge in [-0.25, -0.2) is 4.79 Å². The zero-order valence-electron chi connectivity index (χ0n) is 16.3. The second-order valence-corrected chi connectivity index (χ2v) is 7.24. The van der Waals surface area contributed by atoms with Gasteiger partial charge in [-0.05, 0) is 53.4 Å². The first-order chi connectivity index (χ1) is 14.1. The number of benzene rings is 3. The second-order valence-electron chi connectivity index (χ2n) is 7.24. The van der Waals surface area contributed by atoms with Crippen LogP contribution < -0.4 is 4.74 Å². The molecule has 0 aliphatic heterocycles. The molecule has 0 spiro atoms. The summed E-state index contributed by atoms with van der Waals surface area (Å²) in [6, 6.07) is 21.1. The quantitative estimate of drug-likeness (QED) is 0.569. The average Bonchev–Trinajstić information content (AvgIpc) is 3.61. The molecule has 1 fully saturated rings. The third-order valence-corrected chi connectivity index (χ3v) is 5.13. The summed E-state index contributed by atoms with van der Waals surface area (Å²) in [6.45, 7) is 0.249. The van der Waals surface area contributed by atoms with E-state index in [-0.39, 0.29) is 18.6 Å². The highest BCUT2D eigenvalue weighted by Gasteiger charge is 2.33. The molecule has 3 aromatic rings. The van der Waals surface area contributed by atoms with Crippen molar-refractivity contribution in [3.8, 4) is 5.75 Å². The van der Waals surface area contributed by atoms with Gasteiger partial charge in [0.1, 0.15) is 5.75 Å². The number of carbonyl (C=O) groups excluding carboxylic acids is 2. The van der Waals surface area contributed by atoms with E-state index >= 15 is 0 Å². The van der Waals surface area contributed by atoms with Crippen molar-refractivity contribution in [1.82, 2.24) is 4.90 Å². The smallest absolute Gasteiger partial charge is 0.338 e. The van der Waals surface area contributed by atoms with Gasteiger partial charge in [-0.3, -0.25) is 4.79 Å². The largest absolute Gasteiger partial charge is 0.497 e. The molecule has 0 N–H and O–H groups in total. The maximum Gasteiger partial charge on any atom is 0.338 e. The summed E-state index contributed by atoms with van der Waals surface area (Å²) in [7, 11) is 1.62. The van der Waals surface area contributed by atoms with Crippen LogP contribution >= 0.6 is 0 Å². The number of hydrogen-bond donors (Lipinski definition) is 0. The molecule has 0 saturated heterocycles. The Labute approximate surface area is 169 Å². The van der Waals surface area contributed by atoms with Crippen LogP contribution in [-0.2, 0) is 16.1 Å². The summed E-state index contributed by atoms with van der Waals surface area (Å²) < 4.78 is 10.5. The minimum Gasteiger partial charge on any atom is -0.497 e. The van der Waals surface area contributed by atoms with Crippen LogP contribution in [0.25, 0.3) is 10.8 Å². The molecule has 0 radical (unpaired) electrons. The van der Waals surface area contributed by atoms with Crippen LogP contribution in [0.15, 0.2) is 66.7 Å². The SMILES string of the molecule is COc1ccc(CN(C(=O)COC(=O)c2ccc3ccccc3c2)C2CC2)cc1. The van der Waals surface area contributed by atoms with Crippen LogP contribution in [0.5, 0.6) is 5.75 Å². The summed E-state index contributed by atoms with van der Waals surface area (Å²) in [5, 5.41) is 2.02. The van der Waals surface area contributed by atoms with Crippen LogP contribution in [0.3, 0.4) is 0 Å². The molecule has 4 rings (SSSR count). The zero-order chi connectivity index (χ0) is 20.2. The van der Waals surface area contributed by atoms with E-state index in [9.17, 15) is 9.59 Å². The van der Waals surface area contributed by atoms with Crippen LogP contribution in [0.1, 0.15) is 28.8 Å². The molecule has 1 aliphatic carbocycles. The highest BCUT2D eigenvalue weighted by molar-refractivity contribution is 5.96. The van der Waals surface area contributed by atoms with Crippen LogP contribution in [0, 0.1) is 0 Å². The topological polar surface area (TPSA) is 55.8 Å². The predicted octanol–water partition coefficient (Wildman–Crippen LogP) is 4.20. The molecule has 0 atom stereocenters. The molecule has 1 aliphatic rings. The predicted molar refractivity (Wildman–Crippen MR) is 111 cm³/mol. The molecule has 1 amide bonds. The zero-order valence-corrected chi connectivity index (χ0v) is 16.3. The van der Waals surface area contributed by atoms with Gasteiger partial charge in [0.15, 0.2) is 6.61 Å². The average molecular weight is 389 g/mol. The molecule has 1 saturated carbocycles. The Morgan fingerprint density at radius 1 is 0.966 bits per heavy atom. The summed E-state index contributed by atoms with van der Waals surface area (Å²) in [4.78, 5) is 26.9. The van der Waals surface area contributed by atoms with Crippen LogP contribution in [-0.4, -0.2) is 36.5 Å². The number of methoxy groups -OCH3 is 1. The van der Waals surface area contributed by atoms with E-state index in [4.69, 9.17) is 9.47 Å². The first kappa shape index (κ1) is 19.0. The third kappa shape index (κ3) is 4.57. The monoisotopic (exact) mass is 389 g/mol. The molecule has 5 heteroatoms. The number of hydrogen-bond acceptors (Lipinski definition) is 4. The third-order valence-electron chi connectivity index (χ3n) is 5.13. The fraction of sp³-hybridized carbons (Fsp3) is 0.250. The molecule has 148 valence electrons. The summed E-state index contributed by atoms with van der Waals surface area (Å²) >= 11 is 0. The van der Waals surface area contributed by atoms with Crippen molar-refractivity contribution in [3.63, 3.8) is 0 Å². The van der Waals surface area contributed by atoms with Gasteiger partial charge < -0.3 is 14.4 Å². The number of amides is 1. The fourth-order valence-electron chi connectivity index (χ4n) is 3.34. The van der Waals surface area contributed by atoms with Crippen molar-refractivity contribution >= 4 is 22.6 Å². The first-order valence-electron chi connectivity index (χ1n) is 9.72. The Morgan fingerprint density at radius 3 is 2.38 bits per heavy atom. The lowest BCUT2D eigenvalue weighted by Gasteiger charge is -2.22. The van der Waals surface area contributed by atoms with Crippen molar-refractivity contribution in [1.29, 1.82) is 0 Å². The molecular formula is C24H23NO4. The number of esters is 1. The van der Waals surface area contributed by atoms with Gasteiger partial charge in [0, 0.05) is 12.6 Å². The Bertz CT molecular complexity index is 1020. The highest BCUT2D eigenvalue weighted by Crippen LogP contribution is 2.29. The lowest BCUT2D eigenvalue weighted by molar-refractivity contribution is -0.135. The van der Waals surface area contributed by atoms with E-state index in [2.05, 4.69) is 0 Å². The molecule has 3 aromatic carbocycles. The Morgan fingerprint density at radius 2 is 1.69 bits per heavy atom. The number of ether oxygens (including phenoxy) is 2. The lowest BCUT2D eigenvalue weighted by atomic mass is 10.1. The first-order valence-corrected chi connectivity index (χ1v) is 9.72. The summed E-state index contributed by atoms with van der Waals surface area (Å²) in [5.74, 6) is 0.129. The van der Waals surface area contributed by atoms with Crippen LogP contribution in [0.4, 0.5) is 0 Å². The van der Waals surface area contributed by atoms with Gasteiger partial charge in [0.05, 0.1) is 12.7 Å². The number of rotatable bonds is 7. The Kier molecular flexibility index (Phi) is 5.47. The molecule has 5 nitrogen and oxygen atoms in total. The van der Waals surface area contributed by atoms with Gasteiger partial charge in [-0.1, -0.05) is 42.5 Å². The number of fused-ring (bicyclic) bond motifs is 1. The van der Waals surface area contributed by atoms with E-state index < -0.39 is 5.97 Å². The van der Waals surface area contributed by atoms with Crippen molar-refractivity contribution in [2.75, 3.05) is 13.7 Å². The minimum atomic E-state index is -0.482. The van der Waals surface area contributed by atoms with Gasteiger partial charge in [-0.2, -0.15) is 0 Å². The standard InChI is InChI=1S/C24H23NO4/c1-28-22-12-6-17(7-13-22)15-25(21-10-11-21)23(26)16-29-24(27)20-9-8-18-4-2-3-5-19(18)14-20/h2-9,12-14,21H,10-11,15-16H2,1H3. The Balaban J connectivity index is 1.38. The fourth-order valence-corrected chi connectivity index (χ4v) is 3.34. The maximum atomic E-state index is 12.7. The summed E-state index contributed by atoms with van der Waals surface area (Å²) in [6.07, 6.45) is 1.97. The van der Waals surface area contributed by atoms with Gasteiger partial charge in [-0.15, -0.1) is 0 Å². The van der Waals surface area contributed by atoms with E-state index in [1.807, 2.05) is 54.6 Å². The molecule has 0 unspecified atom stereocenters. The number of nitrogens with zero attached hydrogens (tertiary/aromatic N) is 1. The van der Waals surface area contributed by atoms with Crippen molar-refractivity contribution < 1.29 is 19.1 Å². The highest BCUT2D eigenvalue weighted by atomic mass is 16.5. The maximum absolute atomic E-state index is 12.7. The minimum absolute atomic E-state index is 0.169. The number of carbonyl (C=O) groups is 2. The van der Waals surface area contributed by atoms with Crippen molar-refractivity contribution in [2.24, 2.45) is 0 Å². The summed E-state index contributed by atoms with van der Waals surface area (Å²) in [5.41, 5.74) is 1.47. The van der Waals surface area contributed by atoms with Gasteiger partial charge in [0.2, 0.25) is 0 Å². The van der Waals surface area contributed by atoms with Gasteiger partial charge in [0.25, 0.3) is 5.91 Å². The second kappa shape index (κ2) is 8.35. The molecule has 0 heterocycles. The molecule has 0 bridgehead atoms. The van der Waals surface area contributed by atoms with Gasteiger partial charge >= 0.3 is 5.97 Å².